The summed E-state index contributed by atoms with van der Waals surface area (Å²) in [6, 6.07) is 12.1. The lowest BCUT2D eigenvalue weighted by molar-refractivity contribution is 0.196. The van der Waals surface area contributed by atoms with Crippen molar-refractivity contribution < 1.29 is 9.47 Å². The van der Waals surface area contributed by atoms with Crippen molar-refractivity contribution in [2.45, 2.75) is 12.3 Å². The average molecular weight is 323 g/mol. The summed E-state index contributed by atoms with van der Waals surface area (Å²) in [7, 11) is 1.68. The fourth-order valence-corrected chi connectivity index (χ4v) is 3.17. The number of hydrogen-bond acceptors (Lipinski definition) is 5. The van der Waals surface area contributed by atoms with Crippen LogP contribution in [0.5, 0.6) is 11.5 Å². The smallest absolute Gasteiger partial charge is 0.155 e. The lowest BCUT2D eigenvalue weighted by Crippen LogP contribution is -2.38. The zero-order chi connectivity index (χ0) is 16.8. The monoisotopic (exact) mass is 323 g/mol. The number of nitriles is 1. The first-order chi connectivity index (χ1) is 11.8. The third-order valence-corrected chi connectivity index (χ3v) is 4.51. The molecule has 2 atom stereocenters. The molecule has 1 aromatic heterocycles. The summed E-state index contributed by atoms with van der Waals surface area (Å²) in [6.07, 6.45) is 4.28. The number of pyridine rings is 1. The minimum absolute atomic E-state index is 0.346. The van der Waals surface area contributed by atoms with Crippen molar-refractivity contribution >= 4 is 0 Å². The highest BCUT2D eigenvalue weighted by Crippen LogP contribution is 2.32. The van der Waals surface area contributed by atoms with Crippen molar-refractivity contribution in [1.82, 2.24) is 10.3 Å². The topological polar surface area (TPSA) is 67.2 Å². The van der Waals surface area contributed by atoms with Crippen LogP contribution in [0.3, 0.4) is 0 Å². The summed E-state index contributed by atoms with van der Waals surface area (Å²) in [6.45, 7) is 2.46. The number of nitrogens with zero attached hydrogens (tertiary/aromatic N) is 2. The van der Waals surface area contributed by atoms with Crippen LogP contribution < -0.4 is 14.8 Å². The molecule has 1 N–H and O–H groups in total. The molecule has 2 aromatic rings. The second-order valence-corrected chi connectivity index (χ2v) is 5.93. The highest BCUT2D eigenvalue weighted by atomic mass is 16.5. The summed E-state index contributed by atoms with van der Waals surface area (Å²) >= 11 is 0. The van der Waals surface area contributed by atoms with Crippen LogP contribution in [-0.4, -0.2) is 31.8 Å². The molecule has 1 aromatic carbocycles. The Kier molecular flexibility index (Phi) is 5.29. The fraction of sp³-hybridized carbons (Fsp3) is 0.368. The van der Waals surface area contributed by atoms with Crippen molar-refractivity contribution in [1.29, 1.82) is 5.26 Å². The fourth-order valence-electron chi connectivity index (χ4n) is 3.17. The molecule has 1 saturated heterocycles. The molecule has 5 nitrogen and oxygen atoms in total. The van der Waals surface area contributed by atoms with E-state index in [1.54, 1.807) is 25.6 Å². The van der Waals surface area contributed by atoms with Gasteiger partial charge in [0.05, 0.1) is 25.5 Å². The van der Waals surface area contributed by atoms with Gasteiger partial charge in [0.2, 0.25) is 0 Å². The summed E-state index contributed by atoms with van der Waals surface area (Å²) in [5, 5.41) is 12.6. The molecule has 124 valence electrons. The molecule has 1 fully saturated rings. The first-order valence-corrected chi connectivity index (χ1v) is 8.13. The number of aromatic nitrogens is 1. The van der Waals surface area contributed by atoms with E-state index in [1.165, 1.54) is 5.56 Å². The lowest BCUT2D eigenvalue weighted by atomic mass is 9.81. The highest BCUT2D eigenvalue weighted by Gasteiger charge is 2.27. The quantitative estimate of drug-likeness (QED) is 0.916. The summed E-state index contributed by atoms with van der Waals surface area (Å²) in [5.41, 5.74) is 1.83. The zero-order valence-electron chi connectivity index (χ0n) is 13.7. The molecular weight excluding hydrogens is 302 g/mol. The first-order valence-electron chi connectivity index (χ1n) is 8.13. The van der Waals surface area contributed by atoms with E-state index in [-0.39, 0.29) is 0 Å². The van der Waals surface area contributed by atoms with E-state index in [0.29, 0.717) is 29.8 Å². The molecule has 0 radical (unpaired) electrons. The summed E-state index contributed by atoms with van der Waals surface area (Å²) in [5.74, 6) is 2.20. The van der Waals surface area contributed by atoms with Crippen LogP contribution in [0.15, 0.2) is 42.7 Å². The molecule has 1 aliphatic rings. The van der Waals surface area contributed by atoms with Crippen LogP contribution >= 0.6 is 0 Å². The number of ether oxygens (including phenoxy) is 2. The van der Waals surface area contributed by atoms with E-state index in [4.69, 9.17) is 14.7 Å². The maximum absolute atomic E-state index is 9.15. The first kappa shape index (κ1) is 16.3. The Labute approximate surface area is 142 Å². The van der Waals surface area contributed by atoms with E-state index < -0.39 is 0 Å². The van der Waals surface area contributed by atoms with Crippen LogP contribution in [0, 0.1) is 17.2 Å². The largest absolute Gasteiger partial charge is 0.497 e. The minimum Gasteiger partial charge on any atom is -0.497 e. The third kappa shape index (κ3) is 3.66. The Morgan fingerprint density at radius 2 is 2.12 bits per heavy atom. The molecule has 24 heavy (non-hydrogen) atoms. The van der Waals surface area contributed by atoms with Crippen molar-refractivity contribution in [3.63, 3.8) is 0 Å². The van der Waals surface area contributed by atoms with Crippen molar-refractivity contribution in [2.24, 2.45) is 5.92 Å². The van der Waals surface area contributed by atoms with Gasteiger partial charge in [-0.25, -0.2) is 0 Å². The number of benzene rings is 1. The molecule has 0 amide bonds. The van der Waals surface area contributed by atoms with Gasteiger partial charge in [-0.2, -0.15) is 5.26 Å². The maximum Gasteiger partial charge on any atom is 0.155 e. The summed E-state index contributed by atoms with van der Waals surface area (Å²) < 4.78 is 11.2. The Hall–Kier alpha value is -2.58. The lowest BCUT2D eigenvalue weighted by Gasteiger charge is -2.32. The van der Waals surface area contributed by atoms with Gasteiger partial charge in [-0.3, -0.25) is 4.98 Å². The predicted octanol–water partition coefficient (Wildman–Crippen LogP) is 2.73. The number of nitrogens with one attached hydrogen (secondary N) is 1. The van der Waals surface area contributed by atoms with Gasteiger partial charge >= 0.3 is 0 Å². The Morgan fingerprint density at radius 3 is 2.88 bits per heavy atom. The molecule has 0 aliphatic carbocycles. The molecule has 2 heterocycles. The van der Waals surface area contributed by atoms with Gasteiger partial charge in [0.25, 0.3) is 0 Å². The number of rotatable bonds is 5. The van der Waals surface area contributed by atoms with Crippen LogP contribution in [0.4, 0.5) is 0 Å². The van der Waals surface area contributed by atoms with Crippen LogP contribution in [-0.2, 0) is 0 Å². The van der Waals surface area contributed by atoms with Gasteiger partial charge in [0, 0.05) is 18.7 Å². The Morgan fingerprint density at radius 1 is 1.29 bits per heavy atom. The highest BCUT2D eigenvalue weighted by molar-refractivity contribution is 5.40. The Bertz CT molecular complexity index is 709. The minimum atomic E-state index is 0.346. The average Bonchev–Trinajstić information content (AvgIpc) is 2.67. The van der Waals surface area contributed by atoms with E-state index in [0.717, 1.165) is 25.3 Å². The molecule has 5 heteroatoms. The van der Waals surface area contributed by atoms with Crippen LogP contribution in [0.1, 0.15) is 23.5 Å². The number of piperidine rings is 1. The molecule has 1 aliphatic heterocycles. The normalized spacial score (nSPS) is 20.2. The van der Waals surface area contributed by atoms with Gasteiger partial charge in [-0.05, 0) is 42.6 Å². The number of methoxy groups -OCH3 is 1. The van der Waals surface area contributed by atoms with Gasteiger partial charge in [-0.15, -0.1) is 0 Å². The molecule has 0 saturated carbocycles. The zero-order valence-corrected chi connectivity index (χ0v) is 13.7. The van der Waals surface area contributed by atoms with E-state index in [9.17, 15) is 0 Å². The number of hydrogen-bond donors (Lipinski definition) is 1. The predicted molar refractivity (Wildman–Crippen MR) is 91.2 cm³/mol. The molecule has 0 bridgehead atoms. The molecule has 0 spiro atoms. The molecular formula is C19H21N3O2. The van der Waals surface area contributed by atoms with Crippen molar-refractivity contribution in [3.8, 4) is 17.6 Å². The third-order valence-electron chi connectivity index (χ3n) is 4.51. The van der Waals surface area contributed by atoms with Gasteiger partial charge in [0.1, 0.15) is 11.8 Å². The van der Waals surface area contributed by atoms with E-state index >= 15 is 0 Å². The molecule has 0 unspecified atom stereocenters. The van der Waals surface area contributed by atoms with Gasteiger partial charge in [0.15, 0.2) is 5.75 Å². The van der Waals surface area contributed by atoms with Crippen LogP contribution in [0.2, 0.25) is 0 Å². The van der Waals surface area contributed by atoms with Crippen molar-refractivity contribution in [3.05, 3.63) is 53.9 Å². The van der Waals surface area contributed by atoms with Gasteiger partial charge in [-0.1, -0.05) is 12.1 Å². The Balaban J connectivity index is 1.71. The second-order valence-electron chi connectivity index (χ2n) is 5.93. The van der Waals surface area contributed by atoms with Gasteiger partial charge < -0.3 is 14.8 Å². The van der Waals surface area contributed by atoms with E-state index in [2.05, 4.69) is 28.5 Å². The standard InChI is InChI=1S/C19H21N3O2/c1-23-17-4-2-14(3-5-17)18-7-9-21-11-16(18)13-24-19-12-22-8-6-15(19)10-20/h2-6,8,12,16,18,21H,7,9,11,13H2,1H3/t16-,18-/m0/s1. The maximum atomic E-state index is 9.15. The second kappa shape index (κ2) is 7.80. The van der Waals surface area contributed by atoms with Crippen LogP contribution in [0.25, 0.3) is 0 Å². The SMILES string of the molecule is COc1ccc([C@@H]2CCNC[C@H]2COc2cnccc2C#N)cc1. The van der Waals surface area contributed by atoms with Crippen molar-refractivity contribution in [2.75, 3.05) is 26.8 Å². The molecule has 3 rings (SSSR count). The summed E-state index contributed by atoms with van der Waals surface area (Å²) in [4.78, 5) is 4.05. The van der Waals surface area contributed by atoms with E-state index in [1.807, 2.05) is 12.1 Å².